The summed E-state index contributed by atoms with van der Waals surface area (Å²) in [7, 11) is 0. The van der Waals surface area contributed by atoms with Crippen molar-refractivity contribution in [3.63, 3.8) is 0 Å². The molecule has 126 valence electrons. The van der Waals surface area contributed by atoms with Crippen LogP contribution in [0.2, 0.25) is 5.02 Å². The first-order valence-corrected chi connectivity index (χ1v) is 8.55. The Labute approximate surface area is 148 Å². The SMILES string of the molecule is Cc1ncn2c1Cn1nc([C@@H]3CCC(=O)N3)nc1-c1cc(Cl)ccc1-2. The number of benzene rings is 1. The van der Waals surface area contributed by atoms with E-state index in [1.165, 1.54) is 0 Å². The Balaban J connectivity index is 1.72. The Morgan fingerprint density at radius 1 is 1.36 bits per heavy atom. The highest BCUT2D eigenvalue weighted by Gasteiger charge is 2.29. The van der Waals surface area contributed by atoms with Gasteiger partial charge in [-0.25, -0.2) is 14.6 Å². The summed E-state index contributed by atoms with van der Waals surface area (Å²) < 4.78 is 3.94. The molecule has 2 aliphatic heterocycles. The fourth-order valence-corrected chi connectivity index (χ4v) is 3.70. The van der Waals surface area contributed by atoms with E-state index in [0.29, 0.717) is 23.8 Å². The van der Waals surface area contributed by atoms with Gasteiger partial charge in [0.25, 0.3) is 0 Å². The minimum atomic E-state index is -0.124. The third kappa shape index (κ3) is 2.19. The zero-order valence-electron chi connectivity index (χ0n) is 13.5. The number of aromatic nitrogens is 5. The highest BCUT2D eigenvalue weighted by molar-refractivity contribution is 6.31. The fraction of sp³-hybridized carbons (Fsp3) is 0.294. The van der Waals surface area contributed by atoms with E-state index in [9.17, 15) is 4.79 Å². The van der Waals surface area contributed by atoms with Crippen molar-refractivity contribution in [3.05, 3.63) is 46.8 Å². The van der Waals surface area contributed by atoms with E-state index in [1.54, 1.807) is 0 Å². The second kappa shape index (κ2) is 5.16. The number of aryl methyl sites for hydroxylation is 1. The molecule has 3 aromatic rings. The molecule has 1 amide bonds. The summed E-state index contributed by atoms with van der Waals surface area (Å²) in [6.07, 6.45) is 3.06. The summed E-state index contributed by atoms with van der Waals surface area (Å²) in [5.74, 6) is 1.46. The van der Waals surface area contributed by atoms with Crippen molar-refractivity contribution in [2.24, 2.45) is 0 Å². The Bertz CT molecular complexity index is 1020. The van der Waals surface area contributed by atoms with Crippen molar-refractivity contribution in [2.75, 3.05) is 0 Å². The van der Waals surface area contributed by atoms with E-state index in [2.05, 4.69) is 20.0 Å². The van der Waals surface area contributed by atoms with E-state index in [1.807, 2.05) is 36.1 Å². The third-order valence-corrected chi connectivity index (χ3v) is 5.06. The predicted octanol–water partition coefficient (Wildman–Crippen LogP) is 2.41. The molecular formula is C17H15ClN6O. The van der Waals surface area contributed by atoms with Crippen LogP contribution >= 0.6 is 11.6 Å². The molecule has 5 rings (SSSR count). The van der Waals surface area contributed by atoms with Gasteiger partial charge in [0.15, 0.2) is 11.6 Å². The highest BCUT2D eigenvalue weighted by Crippen LogP contribution is 2.34. The molecule has 7 nitrogen and oxygen atoms in total. The molecule has 4 heterocycles. The lowest BCUT2D eigenvalue weighted by Crippen LogP contribution is -2.19. The minimum absolute atomic E-state index is 0.0485. The number of halogens is 1. The van der Waals surface area contributed by atoms with Crippen LogP contribution in [0.4, 0.5) is 0 Å². The van der Waals surface area contributed by atoms with Gasteiger partial charge in [-0.1, -0.05) is 11.6 Å². The average Bonchev–Trinajstić information content (AvgIpc) is 3.27. The molecule has 0 radical (unpaired) electrons. The number of hydrogen-bond donors (Lipinski definition) is 1. The average molecular weight is 355 g/mol. The predicted molar refractivity (Wildman–Crippen MR) is 91.5 cm³/mol. The molecule has 0 bridgehead atoms. The first-order valence-electron chi connectivity index (χ1n) is 8.17. The fourth-order valence-electron chi connectivity index (χ4n) is 3.52. The number of hydrogen-bond acceptors (Lipinski definition) is 4. The smallest absolute Gasteiger partial charge is 0.220 e. The number of rotatable bonds is 1. The van der Waals surface area contributed by atoms with Crippen molar-refractivity contribution in [2.45, 2.75) is 32.4 Å². The van der Waals surface area contributed by atoms with Crippen LogP contribution in [0.1, 0.15) is 36.1 Å². The number of carbonyl (C=O) groups excluding carboxylic acids is 1. The summed E-state index contributed by atoms with van der Waals surface area (Å²) in [5.41, 5.74) is 3.91. The van der Waals surface area contributed by atoms with Crippen LogP contribution in [0.3, 0.4) is 0 Å². The van der Waals surface area contributed by atoms with Crippen LogP contribution < -0.4 is 5.32 Å². The van der Waals surface area contributed by atoms with Gasteiger partial charge < -0.3 is 9.88 Å². The Morgan fingerprint density at radius 2 is 2.24 bits per heavy atom. The van der Waals surface area contributed by atoms with Crippen LogP contribution in [-0.4, -0.2) is 30.2 Å². The van der Waals surface area contributed by atoms with Crippen molar-refractivity contribution in [1.29, 1.82) is 0 Å². The lowest BCUT2D eigenvalue weighted by molar-refractivity contribution is -0.119. The summed E-state index contributed by atoms with van der Waals surface area (Å²) >= 11 is 6.24. The van der Waals surface area contributed by atoms with Gasteiger partial charge in [-0.15, -0.1) is 0 Å². The van der Waals surface area contributed by atoms with E-state index < -0.39 is 0 Å². The van der Waals surface area contributed by atoms with E-state index in [0.717, 1.165) is 34.9 Å². The summed E-state index contributed by atoms with van der Waals surface area (Å²) in [6.45, 7) is 2.56. The maximum Gasteiger partial charge on any atom is 0.220 e. The molecule has 1 saturated heterocycles. The van der Waals surface area contributed by atoms with Crippen LogP contribution in [0, 0.1) is 6.92 Å². The van der Waals surface area contributed by atoms with Crippen LogP contribution in [0.15, 0.2) is 24.5 Å². The molecule has 0 aliphatic carbocycles. The van der Waals surface area contributed by atoms with Crippen molar-refractivity contribution in [3.8, 4) is 17.1 Å². The normalized spacial score (nSPS) is 18.3. The maximum atomic E-state index is 11.5. The van der Waals surface area contributed by atoms with Crippen LogP contribution in [0.5, 0.6) is 0 Å². The molecule has 1 atom stereocenters. The zero-order chi connectivity index (χ0) is 17.1. The lowest BCUT2D eigenvalue weighted by atomic mass is 10.1. The number of imidazole rings is 1. The Hall–Kier alpha value is -2.67. The zero-order valence-corrected chi connectivity index (χ0v) is 14.3. The third-order valence-electron chi connectivity index (χ3n) is 4.83. The highest BCUT2D eigenvalue weighted by atomic mass is 35.5. The lowest BCUT2D eigenvalue weighted by Gasteiger charge is -2.09. The first kappa shape index (κ1) is 14.7. The topological polar surface area (TPSA) is 77.6 Å². The molecule has 25 heavy (non-hydrogen) atoms. The summed E-state index contributed by atoms with van der Waals surface area (Å²) in [4.78, 5) is 20.7. The van der Waals surface area contributed by atoms with E-state index in [-0.39, 0.29) is 11.9 Å². The van der Waals surface area contributed by atoms with Crippen LogP contribution in [-0.2, 0) is 11.3 Å². The minimum Gasteiger partial charge on any atom is -0.346 e. The Morgan fingerprint density at radius 3 is 3.04 bits per heavy atom. The largest absolute Gasteiger partial charge is 0.346 e. The molecule has 1 aromatic carbocycles. The number of nitrogens with zero attached hydrogens (tertiary/aromatic N) is 5. The number of amides is 1. The van der Waals surface area contributed by atoms with Gasteiger partial charge in [-0.2, -0.15) is 5.10 Å². The molecule has 2 aliphatic rings. The van der Waals surface area contributed by atoms with E-state index in [4.69, 9.17) is 16.6 Å². The van der Waals surface area contributed by atoms with Crippen molar-refractivity contribution < 1.29 is 4.79 Å². The molecule has 0 saturated carbocycles. The van der Waals surface area contributed by atoms with Gasteiger partial charge in [-0.3, -0.25) is 4.79 Å². The molecule has 0 spiro atoms. The second-order valence-electron chi connectivity index (χ2n) is 6.42. The quantitative estimate of drug-likeness (QED) is 0.569. The van der Waals surface area contributed by atoms with Gasteiger partial charge in [0.2, 0.25) is 5.91 Å². The second-order valence-corrected chi connectivity index (χ2v) is 6.85. The standard InChI is InChI=1S/C17H15ClN6O/c1-9-14-7-24-17(21-16(22-24)12-3-5-15(25)20-12)11-6-10(18)2-4-13(11)23(14)8-19-9/h2,4,6,8,12H,3,5,7H2,1H3,(H,20,25)/t12-/m0/s1. The van der Waals surface area contributed by atoms with Crippen LogP contribution in [0.25, 0.3) is 17.1 Å². The first-order chi connectivity index (χ1) is 12.1. The van der Waals surface area contributed by atoms with Gasteiger partial charge in [0.05, 0.1) is 36.0 Å². The number of carbonyl (C=O) groups is 1. The van der Waals surface area contributed by atoms with E-state index >= 15 is 0 Å². The number of fused-ring (bicyclic) bond motifs is 5. The molecule has 2 aromatic heterocycles. The molecule has 1 N–H and O–H groups in total. The molecular weight excluding hydrogens is 340 g/mol. The number of nitrogens with one attached hydrogen (secondary N) is 1. The molecule has 8 heteroatoms. The summed E-state index contributed by atoms with van der Waals surface area (Å²) in [5, 5.41) is 8.26. The van der Waals surface area contributed by atoms with Gasteiger partial charge in [0, 0.05) is 17.0 Å². The van der Waals surface area contributed by atoms with Gasteiger partial charge in [0.1, 0.15) is 0 Å². The Kier molecular flexibility index (Phi) is 3.03. The monoisotopic (exact) mass is 354 g/mol. The molecule has 1 fully saturated rings. The van der Waals surface area contributed by atoms with Crippen molar-refractivity contribution >= 4 is 17.5 Å². The van der Waals surface area contributed by atoms with Gasteiger partial charge in [-0.05, 0) is 31.5 Å². The summed E-state index contributed by atoms with van der Waals surface area (Å²) in [6, 6.07) is 5.62. The van der Waals surface area contributed by atoms with Gasteiger partial charge >= 0.3 is 0 Å². The van der Waals surface area contributed by atoms with Crippen molar-refractivity contribution in [1.82, 2.24) is 29.6 Å². The maximum absolute atomic E-state index is 11.5. The molecule has 0 unspecified atom stereocenters.